The number of carbonyl (C=O) groups is 1. The fourth-order valence-corrected chi connectivity index (χ4v) is 2.57. The van der Waals surface area contributed by atoms with E-state index in [1.165, 1.54) is 38.5 Å². The maximum absolute atomic E-state index is 11.8. The summed E-state index contributed by atoms with van der Waals surface area (Å²) in [6.45, 7) is 6.77. The third kappa shape index (κ3) is 5.38. The lowest BCUT2D eigenvalue weighted by molar-refractivity contribution is -0.124. The van der Waals surface area contributed by atoms with Crippen molar-refractivity contribution in [2.45, 2.75) is 71.8 Å². The molecule has 3 heteroatoms. The van der Waals surface area contributed by atoms with E-state index in [1.54, 1.807) is 0 Å². The van der Waals surface area contributed by atoms with Gasteiger partial charge in [-0.3, -0.25) is 4.79 Å². The molecule has 1 atom stereocenters. The normalized spacial score (nSPS) is 18.9. The first-order chi connectivity index (χ1) is 8.41. The van der Waals surface area contributed by atoms with Gasteiger partial charge in [-0.15, -0.1) is 0 Å². The molecule has 1 saturated carbocycles. The van der Waals surface area contributed by atoms with Gasteiger partial charge in [-0.05, 0) is 17.8 Å². The lowest BCUT2D eigenvalue weighted by Crippen LogP contribution is -2.48. The number of nitrogens with one attached hydrogen (secondary N) is 1. The standard InChI is InChI=1S/C15H30N2O/c1-15(2,3)13(16)14(18)17-11-7-6-10-12-8-4-5-9-12/h12-13H,4-11,16H2,1-3H3,(H,17,18)/t13-/m1/s1. The Bertz CT molecular complexity index is 252. The highest BCUT2D eigenvalue weighted by Crippen LogP contribution is 2.28. The summed E-state index contributed by atoms with van der Waals surface area (Å²) in [5, 5.41) is 2.95. The van der Waals surface area contributed by atoms with Gasteiger partial charge in [-0.2, -0.15) is 0 Å². The molecule has 0 spiro atoms. The van der Waals surface area contributed by atoms with Crippen molar-refractivity contribution in [2.75, 3.05) is 6.54 Å². The molecule has 3 nitrogen and oxygen atoms in total. The summed E-state index contributed by atoms with van der Waals surface area (Å²) in [5.41, 5.74) is 5.74. The van der Waals surface area contributed by atoms with Gasteiger partial charge in [0.25, 0.3) is 0 Å². The zero-order chi connectivity index (χ0) is 13.6. The molecule has 0 aromatic heterocycles. The highest BCUT2D eigenvalue weighted by Gasteiger charge is 2.26. The Kier molecular flexibility index (Phi) is 6.13. The highest BCUT2D eigenvalue weighted by atomic mass is 16.2. The van der Waals surface area contributed by atoms with Crippen LogP contribution in [0.1, 0.15) is 65.7 Å². The summed E-state index contributed by atoms with van der Waals surface area (Å²) >= 11 is 0. The van der Waals surface area contributed by atoms with Crippen LogP contribution in [0.2, 0.25) is 0 Å². The molecule has 0 radical (unpaired) electrons. The number of hydrogen-bond donors (Lipinski definition) is 2. The third-order valence-electron chi connectivity index (χ3n) is 4.03. The zero-order valence-corrected chi connectivity index (χ0v) is 12.3. The Balaban J connectivity index is 2.05. The lowest BCUT2D eigenvalue weighted by atomic mass is 9.87. The summed E-state index contributed by atoms with van der Waals surface area (Å²) in [6.07, 6.45) is 9.32. The predicted molar refractivity (Wildman–Crippen MR) is 76.2 cm³/mol. The Morgan fingerprint density at radius 2 is 1.89 bits per heavy atom. The average molecular weight is 254 g/mol. The molecule has 0 aromatic rings. The molecule has 106 valence electrons. The van der Waals surface area contributed by atoms with Crippen LogP contribution < -0.4 is 11.1 Å². The van der Waals surface area contributed by atoms with Crippen molar-refractivity contribution in [3.8, 4) is 0 Å². The zero-order valence-electron chi connectivity index (χ0n) is 12.3. The van der Waals surface area contributed by atoms with Crippen molar-refractivity contribution in [3.63, 3.8) is 0 Å². The molecule has 1 aliphatic carbocycles. The van der Waals surface area contributed by atoms with E-state index in [2.05, 4.69) is 5.32 Å². The summed E-state index contributed by atoms with van der Waals surface area (Å²) in [4.78, 5) is 11.8. The first kappa shape index (κ1) is 15.5. The molecule has 0 heterocycles. The Labute approximate surface area is 112 Å². The SMILES string of the molecule is CC(C)(C)[C@H](N)C(=O)NCCCCC1CCCC1. The smallest absolute Gasteiger partial charge is 0.237 e. The molecule has 0 aliphatic heterocycles. The molecule has 0 saturated heterocycles. The lowest BCUT2D eigenvalue weighted by Gasteiger charge is -2.25. The van der Waals surface area contributed by atoms with Gasteiger partial charge in [-0.25, -0.2) is 0 Å². The Morgan fingerprint density at radius 1 is 1.28 bits per heavy atom. The third-order valence-corrected chi connectivity index (χ3v) is 4.03. The minimum atomic E-state index is -0.410. The first-order valence-electron chi connectivity index (χ1n) is 7.44. The second-order valence-electron chi connectivity index (χ2n) is 6.78. The minimum absolute atomic E-state index is 0.0108. The van der Waals surface area contributed by atoms with Crippen molar-refractivity contribution in [2.24, 2.45) is 17.1 Å². The van der Waals surface area contributed by atoms with Gasteiger partial charge in [0.1, 0.15) is 0 Å². The van der Waals surface area contributed by atoms with Crippen LogP contribution in [0.15, 0.2) is 0 Å². The van der Waals surface area contributed by atoms with E-state index >= 15 is 0 Å². The van der Waals surface area contributed by atoms with Crippen molar-refractivity contribution >= 4 is 5.91 Å². The Hall–Kier alpha value is -0.570. The van der Waals surface area contributed by atoms with Gasteiger partial charge >= 0.3 is 0 Å². The van der Waals surface area contributed by atoms with Gasteiger partial charge in [0.05, 0.1) is 6.04 Å². The van der Waals surface area contributed by atoms with Gasteiger partial charge < -0.3 is 11.1 Å². The van der Waals surface area contributed by atoms with Crippen molar-refractivity contribution in [3.05, 3.63) is 0 Å². The topological polar surface area (TPSA) is 55.1 Å². The molecular weight excluding hydrogens is 224 g/mol. The van der Waals surface area contributed by atoms with Crippen LogP contribution in [0.25, 0.3) is 0 Å². The largest absolute Gasteiger partial charge is 0.355 e. The number of carbonyl (C=O) groups excluding carboxylic acids is 1. The molecule has 1 rings (SSSR count). The van der Waals surface area contributed by atoms with Crippen LogP contribution in [0.5, 0.6) is 0 Å². The molecule has 1 aliphatic rings. The second-order valence-corrected chi connectivity index (χ2v) is 6.78. The van der Waals surface area contributed by atoms with Crippen LogP contribution in [-0.2, 0) is 4.79 Å². The van der Waals surface area contributed by atoms with Crippen LogP contribution >= 0.6 is 0 Å². The average Bonchev–Trinajstić information content (AvgIpc) is 2.79. The minimum Gasteiger partial charge on any atom is -0.355 e. The maximum Gasteiger partial charge on any atom is 0.237 e. The van der Waals surface area contributed by atoms with Crippen molar-refractivity contribution in [1.82, 2.24) is 5.32 Å². The quantitative estimate of drug-likeness (QED) is 0.716. The van der Waals surface area contributed by atoms with Gasteiger partial charge in [0.15, 0.2) is 0 Å². The number of amides is 1. The van der Waals surface area contributed by atoms with Crippen LogP contribution in [0.4, 0.5) is 0 Å². The molecule has 0 bridgehead atoms. The summed E-state index contributed by atoms with van der Waals surface area (Å²) in [6, 6.07) is -0.410. The molecule has 1 fully saturated rings. The number of hydrogen-bond acceptors (Lipinski definition) is 2. The van der Waals surface area contributed by atoms with E-state index in [1.807, 2.05) is 20.8 Å². The number of unbranched alkanes of at least 4 members (excludes halogenated alkanes) is 1. The Morgan fingerprint density at radius 3 is 2.44 bits per heavy atom. The molecule has 3 N–H and O–H groups in total. The highest BCUT2D eigenvalue weighted by molar-refractivity contribution is 5.82. The van der Waals surface area contributed by atoms with Gasteiger partial charge in [0.2, 0.25) is 5.91 Å². The number of rotatable bonds is 6. The van der Waals surface area contributed by atoms with Crippen molar-refractivity contribution < 1.29 is 4.79 Å². The van der Waals surface area contributed by atoms with Crippen molar-refractivity contribution in [1.29, 1.82) is 0 Å². The fraction of sp³-hybridized carbons (Fsp3) is 0.933. The van der Waals surface area contributed by atoms with E-state index in [-0.39, 0.29) is 11.3 Å². The molecule has 1 amide bonds. The second kappa shape index (κ2) is 7.13. The predicted octanol–water partition coefficient (Wildman–Crippen LogP) is 2.84. The maximum atomic E-state index is 11.8. The molecule has 0 aromatic carbocycles. The summed E-state index contributed by atoms with van der Waals surface area (Å²) in [5.74, 6) is 0.945. The fourth-order valence-electron chi connectivity index (χ4n) is 2.57. The van der Waals surface area contributed by atoms with E-state index in [9.17, 15) is 4.79 Å². The molecular formula is C15H30N2O. The van der Waals surface area contributed by atoms with Gasteiger partial charge in [-0.1, -0.05) is 59.3 Å². The molecule has 18 heavy (non-hydrogen) atoms. The summed E-state index contributed by atoms with van der Waals surface area (Å²) in [7, 11) is 0. The molecule has 0 unspecified atom stereocenters. The van der Waals surface area contributed by atoms with Gasteiger partial charge in [0, 0.05) is 6.54 Å². The first-order valence-corrected chi connectivity index (χ1v) is 7.44. The monoisotopic (exact) mass is 254 g/mol. The van der Waals surface area contributed by atoms with E-state index in [0.717, 1.165) is 18.9 Å². The van der Waals surface area contributed by atoms with Crippen LogP contribution in [-0.4, -0.2) is 18.5 Å². The number of nitrogens with two attached hydrogens (primary N) is 1. The van der Waals surface area contributed by atoms with E-state index in [0.29, 0.717) is 0 Å². The summed E-state index contributed by atoms with van der Waals surface area (Å²) < 4.78 is 0. The van der Waals surface area contributed by atoms with Crippen LogP contribution in [0.3, 0.4) is 0 Å². The van der Waals surface area contributed by atoms with E-state index < -0.39 is 6.04 Å². The van der Waals surface area contributed by atoms with Crippen LogP contribution in [0, 0.1) is 11.3 Å². The van der Waals surface area contributed by atoms with E-state index in [4.69, 9.17) is 5.73 Å².